The van der Waals surface area contributed by atoms with Crippen LogP contribution in [-0.4, -0.2) is 24.0 Å². The fraction of sp³-hybridized carbons (Fsp3) is 0.600. The molecule has 0 bridgehead atoms. The van der Waals surface area contributed by atoms with Gasteiger partial charge >= 0.3 is 0 Å². The van der Waals surface area contributed by atoms with Crippen LogP contribution in [0.4, 0.5) is 4.39 Å². The lowest BCUT2D eigenvalue weighted by Crippen LogP contribution is -2.33. The van der Waals surface area contributed by atoms with Gasteiger partial charge in [0.25, 0.3) is 0 Å². The second-order valence-corrected chi connectivity index (χ2v) is 5.57. The third-order valence-corrected chi connectivity index (χ3v) is 4.05. The lowest BCUT2D eigenvalue weighted by molar-refractivity contribution is 0.184. The Morgan fingerprint density at radius 1 is 1.44 bits per heavy atom. The van der Waals surface area contributed by atoms with E-state index in [4.69, 9.17) is 5.73 Å². The lowest BCUT2D eigenvalue weighted by Gasteiger charge is -2.31. The van der Waals surface area contributed by atoms with E-state index in [-0.39, 0.29) is 5.82 Å². The molecule has 3 heteroatoms. The summed E-state index contributed by atoms with van der Waals surface area (Å²) in [6.45, 7) is 8.03. The van der Waals surface area contributed by atoms with Crippen LogP contribution in [0, 0.1) is 18.7 Å². The summed E-state index contributed by atoms with van der Waals surface area (Å²) < 4.78 is 13.4. The molecule has 0 saturated carbocycles. The van der Waals surface area contributed by atoms with Crippen LogP contribution in [0.15, 0.2) is 18.2 Å². The predicted octanol–water partition coefficient (Wildman–Crippen LogP) is 2.86. The molecule has 1 saturated heterocycles. The van der Waals surface area contributed by atoms with E-state index in [0.717, 1.165) is 18.5 Å². The highest BCUT2D eigenvalue weighted by Gasteiger charge is 2.35. The molecule has 2 atom stereocenters. The second-order valence-electron chi connectivity index (χ2n) is 5.57. The summed E-state index contributed by atoms with van der Waals surface area (Å²) in [5.41, 5.74) is 7.82. The maximum Gasteiger partial charge on any atom is 0.126 e. The van der Waals surface area contributed by atoms with Crippen molar-refractivity contribution in [2.75, 3.05) is 13.1 Å². The molecule has 0 aromatic heterocycles. The Hall–Kier alpha value is -0.930. The molecule has 2 unspecified atom stereocenters. The number of hydrogen-bond donors (Lipinski definition) is 1. The minimum absolute atomic E-state index is 0.128. The standard InChI is InChI=1S/C15H23FN2/c1-10(2)18-7-6-13(9-17)15(18)12-4-5-14(16)11(3)8-12/h4-5,8,10,13,15H,6-7,9,17H2,1-3H3. The number of likely N-dealkylation sites (tertiary alicyclic amines) is 1. The van der Waals surface area contributed by atoms with Gasteiger partial charge in [-0.1, -0.05) is 12.1 Å². The number of hydrogen-bond acceptors (Lipinski definition) is 2. The summed E-state index contributed by atoms with van der Waals surface area (Å²) >= 11 is 0. The number of halogens is 1. The number of rotatable bonds is 3. The van der Waals surface area contributed by atoms with E-state index >= 15 is 0 Å². The lowest BCUT2D eigenvalue weighted by atomic mass is 9.92. The Morgan fingerprint density at radius 2 is 2.17 bits per heavy atom. The summed E-state index contributed by atoms with van der Waals surface area (Å²) in [6.07, 6.45) is 1.13. The van der Waals surface area contributed by atoms with Crippen LogP contribution in [0.5, 0.6) is 0 Å². The maximum atomic E-state index is 13.4. The van der Waals surface area contributed by atoms with Gasteiger partial charge in [-0.3, -0.25) is 4.90 Å². The molecular formula is C15H23FN2. The largest absolute Gasteiger partial charge is 0.330 e. The normalized spacial score (nSPS) is 25.0. The molecule has 100 valence electrons. The fourth-order valence-corrected chi connectivity index (χ4v) is 3.02. The average Bonchev–Trinajstić information content (AvgIpc) is 2.76. The minimum atomic E-state index is -0.128. The van der Waals surface area contributed by atoms with Gasteiger partial charge in [0.15, 0.2) is 0 Å². The van der Waals surface area contributed by atoms with Gasteiger partial charge in [0.05, 0.1) is 0 Å². The van der Waals surface area contributed by atoms with Crippen molar-refractivity contribution in [2.45, 2.75) is 39.3 Å². The third kappa shape index (κ3) is 2.43. The van der Waals surface area contributed by atoms with Gasteiger partial charge in [-0.15, -0.1) is 0 Å². The van der Waals surface area contributed by atoms with Gasteiger partial charge in [-0.05, 0) is 63.4 Å². The Balaban J connectivity index is 2.34. The van der Waals surface area contributed by atoms with Crippen molar-refractivity contribution in [3.05, 3.63) is 35.1 Å². The smallest absolute Gasteiger partial charge is 0.126 e. The molecule has 1 fully saturated rings. The van der Waals surface area contributed by atoms with Crippen LogP contribution in [-0.2, 0) is 0 Å². The van der Waals surface area contributed by atoms with Crippen LogP contribution in [0.2, 0.25) is 0 Å². The quantitative estimate of drug-likeness (QED) is 0.893. The van der Waals surface area contributed by atoms with Crippen molar-refractivity contribution in [1.29, 1.82) is 0 Å². The Labute approximate surface area is 109 Å². The Morgan fingerprint density at radius 3 is 2.72 bits per heavy atom. The van der Waals surface area contributed by atoms with Gasteiger partial charge in [0.2, 0.25) is 0 Å². The van der Waals surface area contributed by atoms with E-state index in [9.17, 15) is 4.39 Å². The van der Waals surface area contributed by atoms with Crippen molar-refractivity contribution in [2.24, 2.45) is 11.7 Å². The molecule has 1 aromatic rings. The van der Waals surface area contributed by atoms with Gasteiger partial charge in [-0.2, -0.15) is 0 Å². The van der Waals surface area contributed by atoms with Gasteiger partial charge in [0.1, 0.15) is 5.82 Å². The number of nitrogens with two attached hydrogens (primary N) is 1. The van der Waals surface area contributed by atoms with Crippen molar-refractivity contribution < 1.29 is 4.39 Å². The molecule has 1 aliphatic rings. The molecule has 18 heavy (non-hydrogen) atoms. The van der Waals surface area contributed by atoms with Crippen LogP contribution in [0.25, 0.3) is 0 Å². The molecule has 1 aliphatic heterocycles. The van der Waals surface area contributed by atoms with Gasteiger partial charge in [0, 0.05) is 12.1 Å². The minimum Gasteiger partial charge on any atom is -0.330 e. The van der Waals surface area contributed by atoms with Crippen molar-refractivity contribution in [1.82, 2.24) is 4.90 Å². The van der Waals surface area contributed by atoms with Gasteiger partial charge < -0.3 is 5.73 Å². The summed E-state index contributed by atoms with van der Waals surface area (Å²) in [4.78, 5) is 2.48. The molecule has 0 spiro atoms. The predicted molar refractivity (Wildman–Crippen MR) is 72.9 cm³/mol. The van der Waals surface area contributed by atoms with Crippen molar-refractivity contribution in [3.63, 3.8) is 0 Å². The molecule has 0 amide bonds. The van der Waals surface area contributed by atoms with Crippen molar-refractivity contribution >= 4 is 0 Å². The fourth-order valence-electron chi connectivity index (χ4n) is 3.02. The zero-order valence-electron chi connectivity index (χ0n) is 11.5. The van der Waals surface area contributed by atoms with E-state index in [1.807, 2.05) is 19.1 Å². The zero-order valence-corrected chi connectivity index (χ0v) is 11.5. The van der Waals surface area contributed by atoms with E-state index in [0.29, 0.717) is 24.5 Å². The molecular weight excluding hydrogens is 227 g/mol. The molecule has 2 N–H and O–H groups in total. The number of nitrogens with zero attached hydrogens (tertiary/aromatic N) is 1. The topological polar surface area (TPSA) is 29.3 Å². The van der Waals surface area contributed by atoms with Crippen LogP contribution >= 0.6 is 0 Å². The van der Waals surface area contributed by atoms with Crippen LogP contribution < -0.4 is 5.73 Å². The second kappa shape index (κ2) is 5.37. The highest BCUT2D eigenvalue weighted by atomic mass is 19.1. The number of aryl methyl sites for hydroxylation is 1. The Bertz CT molecular complexity index is 417. The zero-order chi connectivity index (χ0) is 13.3. The van der Waals surface area contributed by atoms with Crippen LogP contribution in [0.1, 0.15) is 37.4 Å². The van der Waals surface area contributed by atoms with E-state index in [1.54, 1.807) is 6.07 Å². The molecule has 0 radical (unpaired) electrons. The van der Waals surface area contributed by atoms with Gasteiger partial charge in [-0.25, -0.2) is 4.39 Å². The SMILES string of the molecule is Cc1cc(C2C(CN)CCN2C(C)C)ccc1F. The highest BCUT2D eigenvalue weighted by molar-refractivity contribution is 5.28. The monoisotopic (exact) mass is 250 g/mol. The first-order valence-electron chi connectivity index (χ1n) is 6.76. The van der Waals surface area contributed by atoms with E-state index in [2.05, 4.69) is 18.7 Å². The summed E-state index contributed by atoms with van der Waals surface area (Å²) in [7, 11) is 0. The molecule has 1 heterocycles. The first kappa shape index (κ1) is 13.5. The number of benzene rings is 1. The molecule has 1 aromatic carbocycles. The third-order valence-electron chi connectivity index (χ3n) is 4.05. The highest BCUT2D eigenvalue weighted by Crippen LogP contribution is 2.38. The summed E-state index contributed by atoms with van der Waals surface area (Å²) in [5.74, 6) is 0.356. The van der Waals surface area contributed by atoms with Crippen LogP contribution in [0.3, 0.4) is 0 Å². The summed E-state index contributed by atoms with van der Waals surface area (Å²) in [5, 5.41) is 0. The Kier molecular flexibility index (Phi) is 4.03. The first-order valence-corrected chi connectivity index (χ1v) is 6.76. The maximum absolute atomic E-state index is 13.4. The summed E-state index contributed by atoms with van der Waals surface area (Å²) in [6, 6.07) is 6.31. The first-order chi connectivity index (χ1) is 8.54. The average molecular weight is 250 g/mol. The molecule has 0 aliphatic carbocycles. The molecule has 2 rings (SSSR count). The molecule has 2 nitrogen and oxygen atoms in total. The van der Waals surface area contributed by atoms with Crippen molar-refractivity contribution in [3.8, 4) is 0 Å². The van der Waals surface area contributed by atoms with E-state index in [1.165, 1.54) is 5.56 Å². The van der Waals surface area contributed by atoms with E-state index < -0.39 is 0 Å².